The number of hydrogen-bond acceptors (Lipinski definition) is 3. The van der Waals surface area contributed by atoms with Gasteiger partial charge in [-0.15, -0.1) is 0 Å². The second kappa shape index (κ2) is 4.89. The summed E-state index contributed by atoms with van der Waals surface area (Å²) in [6.45, 7) is 2.06. The molecule has 3 heteroatoms. The van der Waals surface area contributed by atoms with E-state index in [2.05, 4.69) is 19.1 Å². The Bertz CT molecular complexity index is 1100. The molecule has 0 aliphatic carbocycles. The Kier molecular flexibility index (Phi) is 2.85. The number of benzene rings is 3. The summed E-state index contributed by atoms with van der Waals surface area (Å²) in [5, 5.41) is 20.9. The minimum absolute atomic E-state index is 0.0225. The quantitative estimate of drug-likeness (QED) is 0.529. The van der Waals surface area contributed by atoms with Gasteiger partial charge in [-0.1, -0.05) is 42.5 Å². The first kappa shape index (κ1) is 13.4. The van der Waals surface area contributed by atoms with Crippen LogP contribution in [0.4, 0.5) is 0 Å². The fourth-order valence-corrected chi connectivity index (χ4v) is 3.05. The van der Waals surface area contributed by atoms with Gasteiger partial charge < -0.3 is 9.52 Å². The lowest BCUT2D eigenvalue weighted by atomic mass is 9.98. The van der Waals surface area contributed by atoms with E-state index in [-0.39, 0.29) is 11.3 Å². The number of para-hydroxylation sites is 1. The summed E-state index contributed by atoms with van der Waals surface area (Å²) in [6.07, 6.45) is 0. The summed E-state index contributed by atoms with van der Waals surface area (Å²) in [7, 11) is 0. The van der Waals surface area contributed by atoms with E-state index in [4.69, 9.17) is 9.68 Å². The summed E-state index contributed by atoms with van der Waals surface area (Å²) in [4.78, 5) is 0. The number of phenolic OH excluding ortho intramolecular Hbond substituents is 1. The molecule has 0 aliphatic heterocycles. The van der Waals surface area contributed by atoms with Crippen LogP contribution in [0.1, 0.15) is 11.1 Å². The average molecular weight is 299 g/mol. The zero-order valence-corrected chi connectivity index (χ0v) is 12.5. The van der Waals surface area contributed by atoms with Gasteiger partial charge in [0.15, 0.2) is 0 Å². The number of aromatic hydroxyl groups is 1. The van der Waals surface area contributed by atoms with Gasteiger partial charge in [0, 0.05) is 10.9 Å². The SMILES string of the molecule is Cc1ccccc1-c1cccc2c1oc1ccc(C#N)c(O)c12. The largest absolute Gasteiger partial charge is 0.506 e. The van der Waals surface area contributed by atoms with Crippen LogP contribution >= 0.6 is 0 Å². The Morgan fingerprint density at radius 1 is 0.957 bits per heavy atom. The van der Waals surface area contributed by atoms with E-state index in [1.54, 1.807) is 12.1 Å². The molecule has 0 bridgehead atoms. The number of furan rings is 1. The Morgan fingerprint density at radius 2 is 1.74 bits per heavy atom. The van der Waals surface area contributed by atoms with Crippen molar-refractivity contribution < 1.29 is 9.52 Å². The van der Waals surface area contributed by atoms with Crippen LogP contribution in [-0.2, 0) is 0 Å². The second-order valence-electron chi connectivity index (χ2n) is 5.55. The fraction of sp³-hybridized carbons (Fsp3) is 0.0500. The summed E-state index contributed by atoms with van der Waals surface area (Å²) in [5.74, 6) is -0.0225. The molecule has 110 valence electrons. The van der Waals surface area contributed by atoms with E-state index < -0.39 is 0 Å². The highest BCUT2D eigenvalue weighted by atomic mass is 16.3. The van der Waals surface area contributed by atoms with Crippen LogP contribution in [0.5, 0.6) is 5.75 Å². The molecule has 0 atom stereocenters. The topological polar surface area (TPSA) is 57.2 Å². The molecular formula is C20H13NO2. The van der Waals surface area contributed by atoms with Gasteiger partial charge in [-0.25, -0.2) is 0 Å². The lowest BCUT2D eigenvalue weighted by Gasteiger charge is -2.06. The highest BCUT2D eigenvalue weighted by Gasteiger charge is 2.17. The van der Waals surface area contributed by atoms with Crippen LogP contribution < -0.4 is 0 Å². The van der Waals surface area contributed by atoms with Gasteiger partial charge >= 0.3 is 0 Å². The van der Waals surface area contributed by atoms with Crippen LogP contribution in [0.2, 0.25) is 0 Å². The average Bonchev–Trinajstić information content (AvgIpc) is 2.95. The number of fused-ring (bicyclic) bond motifs is 3. The normalized spacial score (nSPS) is 11.0. The third-order valence-electron chi connectivity index (χ3n) is 4.19. The van der Waals surface area contributed by atoms with Gasteiger partial charge in [-0.05, 0) is 30.2 Å². The predicted molar refractivity (Wildman–Crippen MR) is 90.3 cm³/mol. The highest BCUT2D eigenvalue weighted by Crippen LogP contribution is 2.41. The predicted octanol–water partition coefficient (Wildman–Crippen LogP) is 5.14. The maximum absolute atomic E-state index is 10.4. The minimum atomic E-state index is -0.0225. The summed E-state index contributed by atoms with van der Waals surface area (Å²) in [6, 6.07) is 19.3. The van der Waals surface area contributed by atoms with Gasteiger partial charge in [0.2, 0.25) is 0 Å². The Hall–Kier alpha value is -3.25. The van der Waals surface area contributed by atoms with E-state index in [1.807, 2.05) is 36.4 Å². The molecular weight excluding hydrogens is 286 g/mol. The van der Waals surface area contributed by atoms with Crippen LogP contribution in [0.15, 0.2) is 59.0 Å². The highest BCUT2D eigenvalue weighted by molar-refractivity contribution is 6.12. The monoisotopic (exact) mass is 299 g/mol. The van der Waals surface area contributed by atoms with Crippen molar-refractivity contribution in [1.29, 1.82) is 5.26 Å². The van der Waals surface area contributed by atoms with Gasteiger partial charge in [-0.2, -0.15) is 5.26 Å². The zero-order valence-electron chi connectivity index (χ0n) is 12.5. The summed E-state index contributed by atoms with van der Waals surface area (Å²) < 4.78 is 6.00. The van der Waals surface area contributed by atoms with Crippen molar-refractivity contribution in [2.45, 2.75) is 6.92 Å². The Morgan fingerprint density at radius 3 is 2.52 bits per heavy atom. The van der Waals surface area contributed by atoms with Crippen molar-refractivity contribution in [3.05, 3.63) is 65.7 Å². The standard InChI is InChI=1S/C20H13NO2/c1-12-5-2-3-6-14(12)15-7-4-8-16-18-17(23-20(15)16)10-9-13(11-21)19(18)22/h2-10,22H,1H3. The molecule has 0 saturated heterocycles. The number of hydrogen-bond donors (Lipinski definition) is 1. The van der Waals surface area contributed by atoms with E-state index in [0.29, 0.717) is 11.0 Å². The van der Waals surface area contributed by atoms with Gasteiger partial charge in [0.1, 0.15) is 23.0 Å². The van der Waals surface area contributed by atoms with E-state index in [9.17, 15) is 5.11 Å². The van der Waals surface area contributed by atoms with Crippen LogP contribution in [-0.4, -0.2) is 5.11 Å². The number of aryl methyl sites for hydroxylation is 1. The molecule has 4 aromatic rings. The molecule has 0 fully saturated rings. The zero-order chi connectivity index (χ0) is 16.0. The van der Waals surface area contributed by atoms with E-state index in [0.717, 1.165) is 27.7 Å². The van der Waals surface area contributed by atoms with E-state index in [1.165, 1.54) is 0 Å². The molecule has 0 unspecified atom stereocenters. The molecule has 1 N–H and O–H groups in total. The number of nitrogens with zero attached hydrogens (tertiary/aromatic N) is 1. The van der Waals surface area contributed by atoms with Crippen LogP contribution in [0, 0.1) is 18.3 Å². The fourth-order valence-electron chi connectivity index (χ4n) is 3.05. The lowest BCUT2D eigenvalue weighted by Crippen LogP contribution is -1.83. The van der Waals surface area contributed by atoms with Crippen molar-refractivity contribution in [2.24, 2.45) is 0 Å². The molecule has 0 amide bonds. The molecule has 0 saturated carbocycles. The van der Waals surface area contributed by atoms with Crippen molar-refractivity contribution >= 4 is 21.9 Å². The molecule has 23 heavy (non-hydrogen) atoms. The van der Waals surface area contributed by atoms with Crippen LogP contribution in [0.25, 0.3) is 33.1 Å². The first-order chi connectivity index (χ1) is 11.2. The molecule has 4 rings (SSSR count). The Balaban J connectivity index is 2.14. The molecule has 0 spiro atoms. The molecule has 0 aliphatic rings. The lowest BCUT2D eigenvalue weighted by molar-refractivity contribution is 0.480. The number of rotatable bonds is 1. The first-order valence-corrected chi connectivity index (χ1v) is 7.34. The maximum Gasteiger partial charge on any atom is 0.145 e. The number of phenols is 1. The second-order valence-corrected chi connectivity index (χ2v) is 5.55. The minimum Gasteiger partial charge on any atom is -0.506 e. The molecule has 1 aromatic heterocycles. The summed E-state index contributed by atoms with van der Waals surface area (Å²) in [5.41, 5.74) is 4.79. The van der Waals surface area contributed by atoms with Crippen molar-refractivity contribution in [2.75, 3.05) is 0 Å². The maximum atomic E-state index is 10.4. The molecule has 3 nitrogen and oxygen atoms in total. The van der Waals surface area contributed by atoms with Crippen molar-refractivity contribution in [1.82, 2.24) is 0 Å². The van der Waals surface area contributed by atoms with Gasteiger partial charge in [0.25, 0.3) is 0 Å². The Labute approximate surface area is 133 Å². The van der Waals surface area contributed by atoms with Gasteiger partial charge in [-0.3, -0.25) is 0 Å². The van der Waals surface area contributed by atoms with E-state index >= 15 is 0 Å². The third kappa shape index (κ3) is 1.89. The molecule has 0 radical (unpaired) electrons. The summed E-state index contributed by atoms with van der Waals surface area (Å²) >= 11 is 0. The number of nitriles is 1. The third-order valence-corrected chi connectivity index (χ3v) is 4.19. The molecule has 3 aromatic carbocycles. The van der Waals surface area contributed by atoms with Crippen LogP contribution in [0.3, 0.4) is 0 Å². The molecule has 1 heterocycles. The van der Waals surface area contributed by atoms with Crippen molar-refractivity contribution in [3.8, 4) is 22.9 Å². The van der Waals surface area contributed by atoms with Gasteiger partial charge in [0.05, 0.1) is 10.9 Å². The van der Waals surface area contributed by atoms with Crippen molar-refractivity contribution in [3.63, 3.8) is 0 Å². The first-order valence-electron chi connectivity index (χ1n) is 7.34. The smallest absolute Gasteiger partial charge is 0.145 e.